The van der Waals surface area contributed by atoms with Gasteiger partial charge in [0.25, 0.3) is 0 Å². The van der Waals surface area contributed by atoms with E-state index in [1.165, 1.54) is 5.56 Å². The summed E-state index contributed by atoms with van der Waals surface area (Å²) in [4.78, 5) is 0. The summed E-state index contributed by atoms with van der Waals surface area (Å²) < 4.78 is 5.42. The van der Waals surface area contributed by atoms with Crippen LogP contribution in [-0.2, 0) is 6.42 Å². The van der Waals surface area contributed by atoms with Crippen LogP contribution in [0.3, 0.4) is 0 Å². The van der Waals surface area contributed by atoms with Crippen molar-refractivity contribution in [2.45, 2.75) is 32.7 Å². The van der Waals surface area contributed by atoms with Gasteiger partial charge < -0.3 is 10.5 Å². The number of rotatable bonds is 5. The number of hydrogen-bond acceptors (Lipinski definition) is 2. The van der Waals surface area contributed by atoms with Gasteiger partial charge in [-0.3, -0.25) is 0 Å². The van der Waals surface area contributed by atoms with E-state index in [0.29, 0.717) is 6.61 Å². The van der Waals surface area contributed by atoms with Gasteiger partial charge in [0.2, 0.25) is 0 Å². The van der Waals surface area contributed by atoms with Crippen LogP contribution in [0.15, 0.2) is 24.3 Å². The Hall–Kier alpha value is -1.02. The molecule has 0 fully saturated rings. The van der Waals surface area contributed by atoms with Gasteiger partial charge in [-0.1, -0.05) is 19.1 Å². The van der Waals surface area contributed by atoms with Crippen LogP contribution in [0.1, 0.15) is 25.8 Å². The zero-order chi connectivity index (χ0) is 10.4. The van der Waals surface area contributed by atoms with Crippen molar-refractivity contribution in [1.82, 2.24) is 0 Å². The van der Waals surface area contributed by atoms with E-state index < -0.39 is 0 Å². The summed E-state index contributed by atoms with van der Waals surface area (Å²) in [6, 6.07) is 8.41. The summed E-state index contributed by atoms with van der Waals surface area (Å²) in [7, 11) is 0. The van der Waals surface area contributed by atoms with Gasteiger partial charge in [0.1, 0.15) is 5.75 Å². The van der Waals surface area contributed by atoms with E-state index in [9.17, 15) is 0 Å². The highest BCUT2D eigenvalue weighted by Gasteiger charge is 2.02. The molecule has 2 nitrogen and oxygen atoms in total. The maximum atomic E-state index is 5.89. The van der Waals surface area contributed by atoms with E-state index in [4.69, 9.17) is 10.5 Å². The lowest BCUT2D eigenvalue weighted by Gasteiger charge is -2.10. The van der Waals surface area contributed by atoms with Crippen molar-refractivity contribution in [3.8, 4) is 5.75 Å². The van der Waals surface area contributed by atoms with E-state index in [1.807, 2.05) is 19.1 Å². The number of ether oxygens (including phenoxy) is 1. The van der Waals surface area contributed by atoms with Gasteiger partial charge in [-0.2, -0.15) is 0 Å². The minimum absolute atomic E-state index is 0.256. The summed E-state index contributed by atoms with van der Waals surface area (Å²) >= 11 is 0. The quantitative estimate of drug-likeness (QED) is 0.779. The zero-order valence-corrected chi connectivity index (χ0v) is 8.99. The molecule has 1 atom stereocenters. The first kappa shape index (κ1) is 11.1. The average molecular weight is 193 g/mol. The summed E-state index contributed by atoms with van der Waals surface area (Å²) in [5.41, 5.74) is 7.14. The number of hydrogen-bond donors (Lipinski definition) is 1. The Morgan fingerprint density at radius 3 is 2.79 bits per heavy atom. The van der Waals surface area contributed by atoms with E-state index in [-0.39, 0.29) is 6.04 Å². The Kier molecular flexibility index (Phi) is 4.47. The fourth-order valence-electron chi connectivity index (χ4n) is 1.38. The molecular weight excluding hydrogens is 174 g/mol. The zero-order valence-electron chi connectivity index (χ0n) is 8.99. The summed E-state index contributed by atoms with van der Waals surface area (Å²) in [5, 5.41) is 0. The van der Waals surface area contributed by atoms with E-state index in [2.05, 4.69) is 19.1 Å². The molecule has 1 aromatic rings. The van der Waals surface area contributed by atoms with Crippen LogP contribution in [0, 0.1) is 0 Å². The van der Waals surface area contributed by atoms with Crippen molar-refractivity contribution >= 4 is 0 Å². The Labute approximate surface area is 86.1 Å². The molecule has 1 rings (SSSR count). The van der Waals surface area contributed by atoms with Gasteiger partial charge in [-0.05, 0) is 37.5 Å². The Balaban J connectivity index is 2.63. The first-order chi connectivity index (χ1) is 6.76. The molecule has 0 aliphatic carbocycles. The number of benzene rings is 1. The largest absolute Gasteiger partial charge is 0.494 e. The van der Waals surface area contributed by atoms with Crippen LogP contribution in [0.5, 0.6) is 5.75 Å². The van der Waals surface area contributed by atoms with Crippen molar-refractivity contribution in [2.75, 3.05) is 6.61 Å². The van der Waals surface area contributed by atoms with Crippen molar-refractivity contribution in [3.05, 3.63) is 29.8 Å². The monoisotopic (exact) mass is 193 g/mol. The predicted octanol–water partition coefficient (Wildman–Crippen LogP) is 2.37. The van der Waals surface area contributed by atoms with Gasteiger partial charge in [0, 0.05) is 6.04 Å². The second kappa shape index (κ2) is 5.66. The molecule has 0 aliphatic rings. The summed E-state index contributed by atoms with van der Waals surface area (Å²) in [6.45, 7) is 4.81. The molecule has 0 aromatic heterocycles. The average Bonchev–Trinajstić information content (AvgIpc) is 2.19. The topological polar surface area (TPSA) is 35.2 Å². The molecule has 14 heavy (non-hydrogen) atoms. The van der Waals surface area contributed by atoms with Crippen molar-refractivity contribution < 1.29 is 4.74 Å². The van der Waals surface area contributed by atoms with E-state index in [1.54, 1.807) is 0 Å². The molecule has 1 aromatic carbocycles. The van der Waals surface area contributed by atoms with Gasteiger partial charge in [0.05, 0.1) is 6.61 Å². The molecular formula is C12H19NO. The predicted molar refractivity (Wildman–Crippen MR) is 59.6 cm³/mol. The van der Waals surface area contributed by atoms with Crippen LogP contribution in [0.4, 0.5) is 0 Å². The van der Waals surface area contributed by atoms with Gasteiger partial charge in [0.15, 0.2) is 0 Å². The third-order valence-electron chi connectivity index (χ3n) is 2.23. The minimum atomic E-state index is 0.256. The molecule has 0 amide bonds. The Bertz CT molecular complexity index is 273. The third-order valence-corrected chi connectivity index (χ3v) is 2.23. The first-order valence-electron chi connectivity index (χ1n) is 5.23. The van der Waals surface area contributed by atoms with Crippen molar-refractivity contribution in [2.24, 2.45) is 5.73 Å². The molecule has 78 valence electrons. The highest BCUT2D eigenvalue weighted by atomic mass is 16.5. The Morgan fingerprint density at radius 2 is 2.14 bits per heavy atom. The third kappa shape index (κ3) is 3.38. The highest BCUT2D eigenvalue weighted by Crippen LogP contribution is 2.14. The SMILES string of the molecule is CCOc1cccc(CC(N)CC)c1. The molecule has 0 bridgehead atoms. The van der Waals surface area contributed by atoms with Crippen LogP contribution in [-0.4, -0.2) is 12.6 Å². The fraction of sp³-hybridized carbons (Fsp3) is 0.500. The molecule has 1 unspecified atom stereocenters. The minimum Gasteiger partial charge on any atom is -0.494 e. The normalized spacial score (nSPS) is 12.5. The fourth-order valence-corrected chi connectivity index (χ4v) is 1.38. The summed E-state index contributed by atoms with van der Waals surface area (Å²) in [6.07, 6.45) is 1.94. The van der Waals surface area contributed by atoms with Crippen LogP contribution >= 0.6 is 0 Å². The molecule has 0 saturated heterocycles. The lowest BCUT2D eigenvalue weighted by Crippen LogP contribution is -2.21. The standard InChI is InChI=1S/C12H19NO/c1-3-11(13)8-10-6-5-7-12(9-10)14-4-2/h5-7,9,11H,3-4,8,13H2,1-2H3. The van der Waals surface area contributed by atoms with E-state index >= 15 is 0 Å². The number of nitrogens with two attached hydrogens (primary N) is 1. The Morgan fingerprint density at radius 1 is 1.36 bits per heavy atom. The van der Waals surface area contributed by atoms with E-state index in [0.717, 1.165) is 18.6 Å². The lowest BCUT2D eigenvalue weighted by atomic mass is 10.0. The van der Waals surface area contributed by atoms with Crippen molar-refractivity contribution in [1.29, 1.82) is 0 Å². The molecule has 0 radical (unpaired) electrons. The maximum Gasteiger partial charge on any atom is 0.119 e. The second-order valence-electron chi connectivity index (χ2n) is 3.45. The lowest BCUT2D eigenvalue weighted by molar-refractivity contribution is 0.340. The van der Waals surface area contributed by atoms with Crippen molar-refractivity contribution in [3.63, 3.8) is 0 Å². The van der Waals surface area contributed by atoms with Crippen LogP contribution < -0.4 is 10.5 Å². The first-order valence-corrected chi connectivity index (χ1v) is 5.23. The molecule has 2 N–H and O–H groups in total. The highest BCUT2D eigenvalue weighted by molar-refractivity contribution is 5.29. The molecule has 0 aliphatic heterocycles. The molecule has 0 heterocycles. The molecule has 0 saturated carbocycles. The van der Waals surface area contributed by atoms with Gasteiger partial charge >= 0.3 is 0 Å². The smallest absolute Gasteiger partial charge is 0.119 e. The maximum absolute atomic E-state index is 5.89. The molecule has 2 heteroatoms. The van der Waals surface area contributed by atoms with Crippen LogP contribution in [0.25, 0.3) is 0 Å². The molecule has 0 spiro atoms. The summed E-state index contributed by atoms with van der Waals surface area (Å²) in [5.74, 6) is 0.938. The van der Waals surface area contributed by atoms with Gasteiger partial charge in [-0.25, -0.2) is 0 Å². The van der Waals surface area contributed by atoms with Gasteiger partial charge in [-0.15, -0.1) is 0 Å². The van der Waals surface area contributed by atoms with Crippen LogP contribution in [0.2, 0.25) is 0 Å². The second-order valence-corrected chi connectivity index (χ2v) is 3.45.